The molecule has 1 unspecified atom stereocenters. The molecule has 1 atom stereocenters. The summed E-state index contributed by atoms with van der Waals surface area (Å²) >= 11 is -1.83. The molecule has 0 spiro atoms. The second-order valence-corrected chi connectivity index (χ2v) is 5.50. The third-order valence-electron chi connectivity index (χ3n) is 1.78. The number of amides is 1. The molecule has 15 heavy (non-hydrogen) atoms. The number of rotatable bonds is 1. The molecule has 0 aromatic carbocycles. The van der Waals surface area contributed by atoms with Gasteiger partial charge in [0.2, 0.25) is 0 Å². The summed E-state index contributed by atoms with van der Waals surface area (Å²) in [5.74, 6) is 0. The van der Waals surface area contributed by atoms with Gasteiger partial charge in [-0.15, -0.1) is 0 Å². The van der Waals surface area contributed by atoms with Crippen molar-refractivity contribution in [2.45, 2.75) is 31.6 Å². The van der Waals surface area contributed by atoms with Gasteiger partial charge in [0, 0.05) is 13.1 Å². The molecule has 1 amide bonds. The van der Waals surface area contributed by atoms with Crippen LogP contribution in [-0.4, -0.2) is 43.7 Å². The van der Waals surface area contributed by atoms with Crippen molar-refractivity contribution in [3.8, 4) is 0 Å². The number of carbonyl (C=O) groups is 1. The molecule has 0 bridgehead atoms. The van der Waals surface area contributed by atoms with E-state index in [0.717, 1.165) is 0 Å². The molecule has 0 saturated carbocycles. The van der Waals surface area contributed by atoms with Crippen molar-refractivity contribution in [2.24, 2.45) is 0 Å². The van der Waals surface area contributed by atoms with E-state index in [1.165, 1.54) is 4.90 Å². The summed E-state index contributed by atoms with van der Waals surface area (Å²) in [6.07, 6.45) is -0.417. The smallest absolute Gasteiger partial charge is 1.00 e. The van der Waals surface area contributed by atoms with Crippen LogP contribution < -0.4 is 29.6 Å². The normalized spacial score (nSPS) is 18.8. The van der Waals surface area contributed by atoms with Crippen LogP contribution in [0.5, 0.6) is 0 Å². The molecular weight excluding hydrogens is 229 g/mol. The molecule has 1 aliphatic heterocycles. The third-order valence-corrected chi connectivity index (χ3v) is 2.65. The zero-order chi connectivity index (χ0) is 10.9. The Hall–Kier alpha value is 0.380. The summed E-state index contributed by atoms with van der Waals surface area (Å²) in [6.45, 7) is 5.96. The van der Waals surface area contributed by atoms with Crippen LogP contribution in [0.25, 0.3) is 0 Å². The molecule has 0 aromatic rings. The summed E-state index contributed by atoms with van der Waals surface area (Å²) < 4.78 is 24.3. The van der Waals surface area contributed by atoms with E-state index in [1.807, 2.05) is 0 Å². The molecule has 1 N–H and O–H groups in total. The fourth-order valence-corrected chi connectivity index (χ4v) is 1.66. The quantitative estimate of drug-likeness (QED) is 0.426. The van der Waals surface area contributed by atoms with E-state index in [2.05, 4.69) is 0 Å². The van der Waals surface area contributed by atoms with Gasteiger partial charge in [0.05, 0.1) is 5.25 Å². The minimum Gasteiger partial charge on any atom is -1.00 e. The van der Waals surface area contributed by atoms with Crippen molar-refractivity contribution in [2.75, 3.05) is 13.1 Å². The van der Waals surface area contributed by atoms with E-state index in [9.17, 15) is 9.00 Å². The summed E-state index contributed by atoms with van der Waals surface area (Å²) in [4.78, 5) is 12.8. The fourth-order valence-electron chi connectivity index (χ4n) is 1.04. The Bertz CT molecular complexity index is 265. The Morgan fingerprint density at radius 3 is 2.33 bits per heavy atom. The van der Waals surface area contributed by atoms with Crippen molar-refractivity contribution in [3.63, 3.8) is 0 Å². The van der Waals surface area contributed by atoms with Crippen LogP contribution in [0.3, 0.4) is 0 Å². The minimum absolute atomic E-state index is 0. The molecule has 5 nitrogen and oxygen atoms in total. The summed E-state index contributed by atoms with van der Waals surface area (Å²) in [7, 11) is 0. The number of likely N-dealkylation sites (tertiary alicyclic amines) is 1. The van der Waals surface area contributed by atoms with Gasteiger partial charge < -0.3 is 15.6 Å². The second kappa shape index (κ2) is 5.63. The van der Waals surface area contributed by atoms with Crippen molar-refractivity contribution < 1.29 is 49.3 Å². The molecule has 1 aliphatic rings. The SMILES string of the molecule is CC(C)(C)OC(=O)N1CC(S(=O)O)C1.[H-].[Na+]. The van der Waals surface area contributed by atoms with Crippen molar-refractivity contribution >= 4 is 17.2 Å². The largest absolute Gasteiger partial charge is 1.00 e. The minimum atomic E-state index is -1.83. The predicted octanol–water partition coefficient (Wildman–Crippen LogP) is -2.06. The number of carbonyl (C=O) groups excluding carboxylic acids is 1. The van der Waals surface area contributed by atoms with Crippen LogP contribution in [-0.2, 0) is 15.8 Å². The first kappa shape index (κ1) is 15.4. The zero-order valence-electron chi connectivity index (χ0n) is 10.5. The molecule has 0 aliphatic carbocycles. The van der Waals surface area contributed by atoms with Gasteiger partial charge in [-0.1, -0.05) is 0 Å². The van der Waals surface area contributed by atoms with Gasteiger partial charge in [-0.2, -0.15) is 0 Å². The van der Waals surface area contributed by atoms with Crippen LogP contribution in [0.1, 0.15) is 22.2 Å². The van der Waals surface area contributed by atoms with E-state index in [1.54, 1.807) is 20.8 Å². The maximum absolute atomic E-state index is 11.3. The van der Waals surface area contributed by atoms with Gasteiger partial charge in [0.15, 0.2) is 11.1 Å². The molecule has 1 heterocycles. The van der Waals surface area contributed by atoms with Crippen molar-refractivity contribution in [3.05, 3.63) is 0 Å². The monoisotopic (exact) mass is 245 g/mol. The summed E-state index contributed by atoms with van der Waals surface area (Å²) in [6, 6.07) is 0. The van der Waals surface area contributed by atoms with Gasteiger partial charge in [-0.25, -0.2) is 9.00 Å². The zero-order valence-corrected chi connectivity index (χ0v) is 12.3. The van der Waals surface area contributed by atoms with Crippen LogP contribution in [0.2, 0.25) is 0 Å². The van der Waals surface area contributed by atoms with Gasteiger partial charge in [-0.05, 0) is 20.8 Å². The van der Waals surface area contributed by atoms with E-state index >= 15 is 0 Å². The van der Waals surface area contributed by atoms with Crippen LogP contribution in [0.4, 0.5) is 4.79 Å². The van der Waals surface area contributed by atoms with Crippen LogP contribution in [0.15, 0.2) is 0 Å². The molecule has 1 rings (SSSR count). The molecule has 0 radical (unpaired) electrons. The van der Waals surface area contributed by atoms with E-state index < -0.39 is 22.8 Å². The van der Waals surface area contributed by atoms with E-state index in [4.69, 9.17) is 9.29 Å². The Kier molecular flexibility index (Phi) is 5.77. The fraction of sp³-hybridized carbons (Fsp3) is 0.875. The second-order valence-electron chi connectivity index (χ2n) is 4.28. The van der Waals surface area contributed by atoms with E-state index in [0.29, 0.717) is 13.1 Å². The van der Waals surface area contributed by atoms with Gasteiger partial charge in [0.1, 0.15) is 5.60 Å². The molecule has 0 aromatic heterocycles. The standard InChI is InChI=1S/C8H15NO4S.Na.H/c1-8(2,3)13-7(10)9-4-6(5-9)14(11)12;;/h6H,4-5H2,1-3H3,(H,11,12);;/q;+1;-1. The van der Waals surface area contributed by atoms with Crippen molar-refractivity contribution in [1.82, 2.24) is 4.90 Å². The predicted molar refractivity (Wildman–Crippen MR) is 53.5 cm³/mol. The Labute approximate surface area is 116 Å². The van der Waals surface area contributed by atoms with E-state index in [-0.39, 0.29) is 36.2 Å². The number of nitrogens with zero attached hydrogens (tertiary/aromatic N) is 1. The summed E-state index contributed by atoms with van der Waals surface area (Å²) in [5, 5.41) is -0.317. The summed E-state index contributed by atoms with van der Waals surface area (Å²) in [5.41, 5.74) is -0.513. The molecule has 1 saturated heterocycles. The number of hydrogen-bond donors (Lipinski definition) is 1. The Balaban J connectivity index is 0. The third kappa shape index (κ3) is 4.82. The molecule has 1 fully saturated rings. The van der Waals surface area contributed by atoms with Gasteiger partial charge >= 0.3 is 35.7 Å². The Morgan fingerprint density at radius 1 is 1.53 bits per heavy atom. The topological polar surface area (TPSA) is 66.8 Å². The number of ether oxygens (including phenoxy) is 1. The average molecular weight is 245 g/mol. The molecular formula is C8H16NNaO4S. The molecule has 84 valence electrons. The first-order chi connectivity index (χ1) is 6.29. The average Bonchev–Trinajstić information content (AvgIpc) is 1.75. The maximum atomic E-state index is 11.3. The first-order valence-corrected chi connectivity index (χ1v) is 5.54. The maximum Gasteiger partial charge on any atom is 1.00 e. The van der Waals surface area contributed by atoms with Gasteiger partial charge in [-0.3, -0.25) is 0 Å². The van der Waals surface area contributed by atoms with Crippen LogP contribution in [0, 0.1) is 0 Å². The number of hydrogen-bond acceptors (Lipinski definition) is 3. The Morgan fingerprint density at radius 2 is 2.00 bits per heavy atom. The molecule has 7 heteroatoms. The van der Waals surface area contributed by atoms with Gasteiger partial charge in [0.25, 0.3) is 0 Å². The first-order valence-electron chi connectivity index (χ1n) is 4.37. The van der Waals surface area contributed by atoms with Crippen LogP contribution >= 0.6 is 0 Å². The van der Waals surface area contributed by atoms with Crippen molar-refractivity contribution in [1.29, 1.82) is 0 Å².